The fourth-order valence-corrected chi connectivity index (χ4v) is 4.16. The van der Waals surface area contributed by atoms with Gasteiger partial charge in [0.15, 0.2) is 11.6 Å². The molecule has 6 nitrogen and oxygen atoms in total. The van der Waals surface area contributed by atoms with Gasteiger partial charge in [0.1, 0.15) is 0 Å². The lowest BCUT2D eigenvalue weighted by Crippen LogP contribution is -2.50. The van der Waals surface area contributed by atoms with Crippen LogP contribution in [0.4, 0.5) is 13.8 Å². The van der Waals surface area contributed by atoms with E-state index in [0.717, 1.165) is 17.7 Å². The van der Waals surface area contributed by atoms with E-state index in [1.165, 1.54) is 22.3 Å². The number of rotatable bonds is 3. The van der Waals surface area contributed by atoms with Gasteiger partial charge in [0, 0.05) is 37.2 Å². The third-order valence-corrected chi connectivity index (χ3v) is 6.19. The molecule has 1 aliphatic heterocycles. The first-order valence-corrected chi connectivity index (χ1v) is 10.7. The number of amides is 3. The highest BCUT2D eigenvalue weighted by Crippen LogP contribution is 2.30. The summed E-state index contributed by atoms with van der Waals surface area (Å²) in [5, 5.41) is 3.47. The molecule has 166 valence electrons. The molecule has 2 heterocycles. The van der Waals surface area contributed by atoms with Gasteiger partial charge in [-0.05, 0) is 36.8 Å². The average molecular weight is 450 g/mol. The van der Waals surface area contributed by atoms with Gasteiger partial charge in [0.25, 0.3) is 11.8 Å². The molecule has 3 amide bonds. The predicted molar refractivity (Wildman–Crippen MR) is 115 cm³/mol. The number of nitrogens with zero attached hydrogens (tertiary/aromatic N) is 2. The molecule has 0 bridgehead atoms. The molecule has 9 heteroatoms. The van der Waals surface area contributed by atoms with E-state index in [1.807, 2.05) is 27.7 Å². The third kappa shape index (κ3) is 5.10. The van der Waals surface area contributed by atoms with Crippen molar-refractivity contribution in [2.24, 2.45) is 5.41 Å². The van der Waals surface area contributed by atoms with E-state index in [9.17, 15) is 23.2 Å². The average Bonchev–Trinajstić information content (AvgIpc) is 3.08. The van der Waals surface area contributed by atoms with Crippen molar-refractivity contribution in [2.75, 3.05) is 31.5 Å². The van der Waals surface area contributed by atoms with Gasteiger partial charge in [-0.1, -0.05) is 20.8 Å². The zero-order chi connectivity index (χ0) is 22.9. The molecule has 2 aromatic rings. The zero-order valence-electron chi connectivity index (χ0n) is 17.9. The van der Waals surface area contributed by atoms with E-state index in [1.54, 1.807) is 11.0 Å². The fraction of sp³-hybridized carbons (Fsp3) is 0.409. The van der Waals surface area contributed by atoms with Crippen molar-refractivity contribution in [2.45, 2.75) is 27.7 Å². The maximum Gasteiger partial charge on any atom is 0.264 e. The molecule has 0 saturated carbocycles. The minimum atomic E-state index is -1.07. The van der Waals surface area contributed by atoms with Gasteiger partial charge in [-0.15, -0.1) is 11.3 Å². The maximum atomic E-state index is 13.4. The molecule has 0 atom stereocenters. The molecule has 1 aliphatic rings. The lowest BCUT2D eigenvalue weighted by atomic mass is 9.96. The van der Waals surface area contributed by atoms with E-state index in [-0.39, 0.29) is 17.4 Å². The Morgan fingerprint density at radius 2 is 1.52 bits per heavy atom. The fourth-order valence-electron chi connectivity index (χ4n) is 3.12. The number of aryl methyl sites for hydroxylation is 1. The summed E-state index contributed by atoms with van der Waals surface area (Å²) in [6.45, 7) is 8.51. The molecule has 0 unspecified atom stereocenters. The first-order chi connectivity index (χ1) is 14.5. The molecule has 1 fully saturated rings. The van der Waals surface area contributed by atoms with Gasteiger partial charge >= 0.3 is 0 Å². The van der Waals surface area contributed by atoms with E-state index >= 15 is 0 Å². The summed E-state index contributed by atoms with van der Waals surface area (Å²) >= 11 is 1.23. The second kappa shape index (κ2) is 8.74. The van der Waals surface area contributed by atoms with Crippen LogP contribution in [0.2, 0.25) is 0 Å². The number of thiophene rings is 1. The molecule has 1 saturated heterocycles. The molecular formula is C22H25F2N3O3S. The van der Waals surface area contributed by atoms with Crippen LogP contribution < -0.4 is 5.32 Å². The number of halogens is 2. The minimum Gasteiger partial charge on any atom is -0.335 e. The molecule has 3 rings (SSSR count). The summed E-state index contributed by atoms with van der Waals surface area (Å²) < 4.78 is 26.5. The third-order valence-electron chi connectivity index (χ3n) is 5.05. The van der Waals surface area contributed by atoms with Crippen molar-refractivity contribution in [3.63, 3.8) is 0 Å². The Hall–Kier alpha value is -2.81. The zero-order valence-corrected chi connectivity index (χ0v) is 18.7. The van der Waals surface area contributed by atoms with Crippen LogP contribution in [0.25, 0.3) is 0 Å². The molecule has 1 aromatic carbocycles. The number of carbonyl (C=O) groups is 3. The highest BCUT2D eigenvalue weighted by atomic mass is 32.1. The SMILES string of the molecule is Cc1cc(NC(=O)C(C)(C)C)sc1C(=O)N1CCN(C(=O)c2ccc(F)c(F)c2)CC1. The number of nitrogens with one attached hydrogen (secondary N) is 1. The standard InChI is InChI=1S/C22H25F2N3O3S/c1-13-11-17(25-21(30)22(2,3)4)31-18(13)20(29)27-9-7-26(8-10-27)19(28)14-5-6-15(23)16(24)12-14/h5-6,11-12H,7-10H2,1-4H3,(H,25,30). The van der Waals surface area contributed by atoms with E-state index in [2.05, 4.69) is 5.32 Å². The van der Waals surface area contributed by atoms with Crippen LogP contribution >= 0.6 is 11.3 Å². The smallest absolute Gasteiger partial charge is 0.264 e. The van der Waals surface area contributed by atoms with Gasteiger partial charge in [-0.2, -0.15) is 0 Å². The summed E-state index contributed by atoms with van der Waals surface area (Å²) in [7, 11) is 0. The Bertz CT molecular complexity index is 1020. The van der Waals surface area contributed by atoms with Crippen molar-refractivity contribution < 1.29 is 23.2 Å². The summed E-state index contributed by atoms with van der Waals surface area (Å²) in [4.78, 5) is 41.4. The second-order valence-corrected chi connectivity index (χ2v) is 9.59. The van der Waals surface area contributed by atoms with Crippen molar-refractivity contribution in [3.8, 4) is 0 Å². The molecular weight excluding hydrogens is 424 g/mol. The Morgan fingerprint density at radius 1 is 0.935 bits per heavy atom. The molecule has 0 radical (unpaired) electrons. The number of carbonyl (C=O) groups excluding carboxylic acids is 3. The van der Waals surface area contributed by atoms with Crippen LogP contribution in [0, 0.1) is 24.0 Å². The first-order valence-electron chi connectivity index (χ1n) is 9.93. The number of benzene rings is 1. The van der Waals surface area contributed by atoms with Gasteiger partial charge in [-0.3, -0.25) is 14.4 Å². The number of piperazine rings is 1. The number of anilines is 1. The monoisotopic (exact) mass is 449 g/mol. The van der Waals surface area contributed by atoms with Crippen LogP contribution in [-0.2, 0) is 4.79 Å². The quantitative estimate of drug-likeness (QED) is 0.772. The van der Waals surface area contributed by atoms with Crippen LogP contribution in [0.15, 0.2) is 24.3 Å². The van der Waals surface area contributed by atoms with Gasteiger partial charge in [0.2, 0.25) is 5.91 Å². The second-order valence-electron chi connectivity index (χ2n) is 8.54. The van der Waals surface area contributed by atoms with Crippen LogP contribution in [-0.4, -0.2) is 53.7 Å². The normalized spacial score (nSPS) is 14.5. The molecule has 1 N–H and O–H groups in total. The van der Waals surface area contributed by atoms with Crippen molar-refractivity contribution >= 4 is 34.1 Å². The summed E-state index contributed by atoms with van der Waals surface area (Å²) in [5.41, 5.74) is 0.310. The topological polar surface area (TPSA) is 69.7 Å². The summed E-state index contributed by atoms with van der Waals surface area (Å²) in [6.07, 6.45) is 0. The molecule has 31 heavy (non-hydrogen) atoms. The lowest BCUT2D eigenvalue weighted by molar-refractivity contribution is -0.123. The number of hydrogen-bond acceptors (Lipinski definition) is 4. The first kappa shape index (κ1) is 22.9. The van der Waals surface area contributed by atoms with Crippen molar-refractivity contribution in [1.29, 1.82) is 0 Å². The highest BCUT2D eigenvalue weighted by molar-refractivity contribution is 7.18. The van der Waals surface area contributed by atoms with Gasteiger partial charge in [0.05, 0.1) is 9.88 Å². The summed E-state index contributed by atoms with van der Waals surface area (Å²) in [5.74, 6) is -2.75. The van der Waals surface area contributed by atoms with Crippen LogP contribution in [0.5, 0.6) is 0 Å². The highest BCUT2D eigenvalue weighted by Gasteiger charge is 2.28. The van der Waals surface area contributed by atoms with E-state index < -0.39 is 23.0 Å². The van der Waals surface area contributed by atoms with Crippen LogP contribution in [0.1, 0.15) is 46.4 Å². The lowest BCUT2D eigenvalue weighted by Gasteiger charge is -2.34. The van der Waals surface area contributed by atoms with Gasteiger partial charge < -0.3 is 15.1 Å². The Morgan fingerprint density at radius 3 is 2.06 bits per heavy atom. The van der Waals surface area contributed by atoms with Crippen LogP contribution in [0.3, 0.4) is 0 Å². The summed E-state index contributed by atoms with van der Waals surface area (Å²) in [6, 6.07) is 4.85. The van der Waals surface area contributed by atoms with E-state index in [4.69, 9.17) is 0 Å². The predicted octanol–water partition coefficient (Wildman–Crippen LogP) is 3.92. The van der Waals surface area contributed by atoms with E-state index in [0.29, 0.717) is 36.1 Å². The minimum absolute atomic E-state index is 0.0759. The van der Waals surface area contributed by atoms with Gasteiger partial charge in [-0.25, -0.2) is 8.78 Å². The maximum absolute atomic E-state index is 13.4. The number of hydrogen-bond donors (Lipinski definition) is 1. The molecule has 0 aliphatic carbocycles. The Balaban J connectivity index is 1.63. The Kier molecular flexibility index (Phi) is 6.45. The Labute approximate surface area is 183 Å². The largest absolute Gasteiger partial charge is 0.335 e. The molecule has 0 spiro atoms. The van der Waals surface area contributed by atoms with Crippen molar-refractivity contribution in [3.05, 3.63) is 51.9 Å². The molecule has 1 aromatic heterocycles. The van der Waals surface area contributed by atoms with Crippen molar-refractivity contribution in [1.82, 2.24) is 9.80 Å².